The van der Waals surface area contributed by atoms with Crippen molar-refractivity contribution >= 4 is 40.7 Å². The van der Waals surface area contributed by atoms with Crippen LogP contribution < -0.4 is 0 Å². The molecule has 0 aromatic heterocycles. The minimum Gasteiger partial charge on any atom is -0.298 e. The monoisotopic (exact) mass is 310 g/mol. The highest BCUT2D eigenvalue weighted by Crippen LogP contribution is 2.27. The van der Waals surface area contributed by atoms with Crippen LogP contribution in [0.15, 0.2) is 53.4 Å². The van der Waals surface area contributed by atoms with Gasteiger partial charge < -0.3 is 0 Å². The molecule has 2 aromatic rings. The fraction of sp³-hybridized carbons (Fsp3) is 0.133. The summed E-state index contributed by atoms with van der Waals surface area (Å²) in [5.74, 6) is 0.535. The number of rotatable bonds is 5. The van der Waals surface area contributed by atoms with Gasteiger partial charge in [-0.2, -0.15) is 0 Å². The van der Waals surface area contributed by atoms with E-state index in [9.17, 15) is 4.79 Å². The minimum atomic E-state index is 0.137. The van der Waals surface area contributed by atoms with Gasteiger partial charge in [-0.05, 0) is 23.8 Å². The van der Waals surface area contributed by atoms with Crippen LogP contribution >= 0.6 is 35.0 Å². The standard InChI is InChI=1S/C15H12Cl2OS/c16-13-6-2-1-5-11(13)9-12(18)10-19-15-8-4-3-7-14(15)17/h1-8H,9-10H2. The molecule has 0 unspecified atom stereocenters. The van der Waals surface area contributed by atoms with Crippen LogP contribution in [0.3, 0.4) is 0 Å². The van der Waals surface area contributed by atoms with Gasteiger partial charge in [0.2, 0.25) is 0 Å². The first kappa shape index (κ1) is 14.4. The molecule has 0 atom stereocenters. The van der Waals surface area contributed by atoms with E-state index < -0.39 is 0 Å². The Morgan fingerprint density at radius 2 is 1.58 bits per heavy atom. The van der Waals surface area contributed by atoms with E-state index in [1.54, 1.807) is 6.07 Å². The lowest BCUT2D eigenvalue weighted by atomic mass is 10.1. The predicted molar refractivity (Wildman–Crippen MR) is 82.3 cm³/mol. The lowest BCUT2D eigenvalue weighted by Crippen LogP contribution is -2.06. The summed E-state index contributed by atoms with van der Waals surface area (Å²) < 4.78 is 0. The molecule has 0 bridgehead atoms. The van der Waals surface area contributed by atoms with Crippen LogP contribution in [0, 0.1) is 0 Å². The van der Waals surface area contributed by atoms with Crippen LogP contribution in [0.25, 0.3) is 0 Å². The van der Waals surface area contributed by atoms with Gasteiger partial charge in [-0.1, -0.05) is 53.5 Å². The summed E-state index contributed by atoms with van der Waals surface area (Å²) in [5.41, 5.74) is 0.869. The van der Waals surface area contributed by atoms with Crippen LogP contribution in [0.5, 0.6) is 0 Å². The maximum absolute atomic E-state index is 11.9. The molecule has 4 heteroatoms. The zero-order valence-corrected chi connectivity index (χ0v) is 12.4. The Balaban J connectivity index is 1.92. The molecule has 0 aliphatic rings. The van der Waals surface area contributed by atoms with Crippen molar-refractivity contribution in [3.05, 3.63) is 64.1 Å². The number of thioether (sulfide) groups is 1. The largest absolute Gasteiger partial charge is 0.298 e. The highest BCUT2D eigenvalue weighted by molar-refractivity contribution is 8.00. The number of Topliss-reactive ketones (excluding diaryl/α,β-unsaturated/α-hetero) is 1. The highest BCUT2D eigenvalue weighted by atomic mass is 35.5. The van der Waals surface area contributed by atoms with Gasteiger partial charge in [-0.15, -0.1) is 11.8 Å². The summed E-state index contributed by atoms with van der Waals surface area (Å²) in [6.45, 7) is 0. The van der Waals surface area contributed by atoms with E-state index in [4.69, 9.17) is 23.2 Å². The molecule has 0 saturated heterocycles. The van der Waals surface area contributed by atoms with Crippen LogP contribution in [0.4, 0.5) is 0 Å². The Kier molecular flexibility index (Phi) is 5.32. The van der Waals surface area contributed by atoms with Crippen molar-refractivity contribution in [1.82, 2.24) is 0 Å². The first-order valence-electron chi connectivity index (χ1n) is 5.79. The zero-order valence-electron chi connectivity index (χ0n) is 10.1. The number of carbonyl (C=O) groups is 1. The third-order valence-electron chi connectivity index (χ3n) is 2.57. The second-order valence-corrected chi connectivity index (χ2v) is 5.86. The number of halogens is 2. The van der Waals surface area contributed by atoms with E-state index in [-0.39, 0.29) is 5.78 Å². The van der Waals surface area contributed by atoms with Crippen LogP contribution in [-0.4, -0.2) is 11.5 Å². The molecule has 0 radical (unpaired) electrons. The van der Waals surface area contributed by atoms with Crippen LogP contribution in [0.2, 0.25) is 10.0 Å². The summed E-state index contributed by atoms with van der Waals surface area (Å²) in [6.07, 6.45) is 0.358. The Morgan fingerprint density at radius 1 is 0.947 bits per heavy atom. The Hall–Kier alpha value is -0.960. The van der Waals surface area contributed by atoms with E-state index in [0.717, 1.165) is 10.5 Å². The van der Waals surface area contributed by atoms with Gasteiger partial charge >= 0.3 is 0 Å². The quantitative estimate of drug-likeness (QED) is 0.731. The molecule has 0 saturated carbocycles. The molecule has 2 aromatic carbocycles. The first-order valence-corrected chi connectivity index (χ1v) is 7.53. The van der Waals surface area contributed by atoms with E-state index in [1.165, 1.54) is 11.8 Å². The maximum atomic E-state index is 11.9. The molecular formula is C15H12Cl2OS. The molecule has 0 aliphatic heterocycles. The topological polar surface area (TPSA) is 17.1 Å². The van der Waals surface area contributed by atoms with E-state index >= 15 is 0 Å². The molecule has 0 aliphatic carbocycles. The van der Waals surface area contributed by atoms with Crippen molar-refractivity contribution in [2.24, 2.45) is 0 Å². The van der Waals surface area contributed by atoms with Gasteiger partial charge in [-0.25, -0.2) is 0 Å². The highest BCUT2D eigenvalue weighted by Gasteiger charge is 2.08. The van der Waals surface area contributed by atoms with E-state index in [0.29, 0.717) is 22.2 Å². The Labute approximate surface area is 126 Å². The van der Waals surface area contributed by atoms with Crippen molar-refractivity contribution in [2.45, 2.75) is 11.3 Å². The van der Waals surface area contributed by atoms with Gasteiger partial charge in [0.15, 0.2) is 0 Å². The molecule has 19 heavy (non-hydrogen) atoms. The lowest BCUT2D eigenvalue weighted by molar-refractivity contribution is -0.116. The SMILES string of the molecule is O=C(CSc1ccccc1Cl)Cc1ccccc1Cl. The summed E-state index contributed by atoms with van der Waals surface area (Å²) >= 11 is 13.5. The van der Waals surface area contributed by atoms with E-state index in [1.807, 2.05) is 42.5 Å². The Morgan fingerprint density at radius 3 is 2.26 bits per heavy atom. The fourth-order valence-corrected chi connectivity index (χ4v) is 2.93. The van der Waals surface area contributed by atoms with Gasteiger partial charge in [-0.3, -0.25) is 4.79 Å². The van der Waals surface area contributed by atoms with Crippen LogP contribution in [-0.2, 0) is 11.2 Å². The molecule has 0 amide bonds. The first-order chi connectivity index (χ1) is 9.16. The molecule has 1 nitrogen and oxygen atoms in total. The molecule has 0 heterocycles. The van der Waals surface area contributed by atoms with Crippen molar-refractivity contribution in [1.29, 1.82) is 0 Å². The lowest BCUT2D eigenvalue weighted by Gasteiger charge is -2.05. The number of benzene rings is 2. The number of carbonyl (C=O) groups excluding carboxylic acids is 1. The molecule has 0 fully saturated rings. The van der Waals surface area contributed by atoms with E-state index in [2.05, 4.69) is 0 Å². The minimum absolute atomic E-state index is 0.137. The predicted octanol–water partition coefficient (Wildman–Crippen LogP) is 4.90. The smallest absolute Gasteiger partial charge is 0.147 e. The Bertz CT molecular complexity index is 584. The zero-order chi connectivity index (χ0) is 13.7. The third-order valence-corrected chi connectivity index (χ3v) is 4.51. The number of hydrogen-bond acceptors (Lipinski definition) is 2. The van der Waals surface area contributed by atoms with Crippen molar-refractivity contribution in [3.8, 4) is 0 Å². The average molecular weight is 311 g/mol. The van der Waals surface area contributed by atoms with Gasteiger partial charge in [0, 0.05) is 16.3 Å². The molecular weight excluding hydrogens is 299 g/mol. The van der Waals surface area contributed by atoms with Gasteiger partial charge in [0.1, 0.15) is 5.78 Å². The summed E-state index contributed by atoms with van der Waals surface area (Å²) in [7, 11) is 0. The second kappa shape index (κ2) is 6.99. The molecule has 2 rings (SSSR count). The third kappa shape index (κ3) is 4.27. The van der Waals surface area contributed by atoms with Crippen molar-refractivity contribution in [2.75, 3.05) is 5.75 Å². The fourth-order valence-electron chi connectivity index (χ4n) is 1.63. The molecule has 0 N–H and O–H groups in total. The summed E-state index contributed by atoms with van der Waals surface area (Å²) in [6, 6.07) is 14.9. The second-order valence-electron chi connectivity index (χ2n) is 4.03. The van der Waals surface area contributed by atoms with Gasteiger partial charge in [0.25, 0.3) is 0 Å². The molecule has 0 spiro atoms. The van der Waals surface area contributed by atoms with Crippen molar-refractivity contribution in [3.63, 3.8) is 0 Å². The van der Waals surface area contributed by atoms with Gasteiger partial charge in [0.05, 0.1) is 10.8 Å². The maximum Gasteiger partial charge on any atom is 0.147 e. The molecule has 98 valence electrons. The summed E-state index contributed by atoms with van der Waals surface area (Å²) in [5, 5.41) is 1.32. The average Bonchev–Trinajstić information content (AvgIpc) is 2.40. The van der Waals surface area contributed by atoms with Crippen molar-refractivity contribution < 1.29 is 4.79 Å². The number of ketones is 1. The number of hydrogen-bond donors (Lipinski definition) is 0. The normalized spacial score (nSPS) is 10.4. The van der Waals surface area contributed by atoms with Crippen LogP contribution in [0.1, 0.15) is 5.56 Å². The summed E-state index contributed by atoms with van der Waals surface area (Å²) in [4.78, 5) is 12.9.